The molecule has 0 radical (unpaired) electrons. The molecule has 2 amide bonds. The Morgan fingerprint density at radius 3 is 2.30 bits per heavy atom. The molecular weight excluding hydrogens is 268 g/mol. The van der Waals surface area contributed by atoms with E-state index in [2.05, 4.69) is 45.3 Å². The lowest BCUT2D eigenvalue weighted by molar-refractivity contribution is 0.251. The van der Waals surface area contributed by atoms with Crippen molar-refractivity contribution in [3.05, 3.63) is 24.3 Å². The van der Waals surface area contributed by atoms with Crippen LogP contribution >= 0.6 is 11.8 Å². The highest BCUT2D eigenvalue weighted by molar-refractivity contribution is 8.00. The predicted molar refractivity (Wildman–Crippen MR) is 88.5 cm³/mol. The first-order valence-corrected chi connectivity index (χ1v) is 7.92. The average Bonchev–Trinajstić information content (AvgIpc) is 2.29. The van der Waals surface area contributed by atoms with Gasteiger partial charge in [-0.15, -0.1) is 11.8 Å². The van der Waals surface area contributed by atoms with E-state index in [1.54, 1.807) is 0 Å². The minimum Gasteiger partial charge on any atom is -0.338 e. The second-order valence-corrected chi connectivity index (χ2v) is 8.20. The summed E-state index contributed by atoms with van der Waals surface area (Å²) in [5.41, 5.74) is 0.824. The van der Waals surface area contributed by atoms with Crippen LogP contribution in [0.4, 0.5) is 10.5 Å². The summed E-state index contributed by atoms with van der Waals surface area (Å²) < 4.78 is 0.198. The predicted octanol–water partition coefficient (Wildman–Crippen LogP) is 4.74. The first-order chi connectivity index (χ1) is 9.26. The van der Waals surface area contributed by atoms with E-state index in [4.69, 9.17) is 0 Å². The number of hydrogen-bond acceptors (Lipinski definition) is 2. The lowest BCUT2D eigenvalue weighted by atomic mass is 10.1. The van der Waals surface area contributed by atoms with E-state index >= 15 is 0 Å². The van der Waals surface area contributed by atoms with Gasteiger partial charge in [-0.2, -0.15) is 0 Å². The van der Waals surface area contributed by atoms with Crippen molar-refractivity contribution in [2.45, 2.75) is 50.7 Å². The Labute approximate surface area is 126 Å². The Morgan fingerprint density at radius 1 is 1.20 bits per heavy atom. The number of amides is 2. The normalized spacial score (nSPS) is 11.5. The molecule has 0 heterocycles. The van der Waals surface area contributed by atoms with Gasteiger partial charge < -0.3 is 10.6 Å². The van der Waals surface area contributed by atoms with E-state index < -0.39 is 0 Å². The number of rotatable bonds is 5. The Morgan fingerprint density at radius 2 is 1.80 bits per heavy atom. The number of nitrogens with one attached hydrogen (secondary N) is 2. The molecule has 0 saturated carbocycles. The summed E-state index contributed by atoms with van der Waals surface area (Å²) in [5, 5.41) is 5.71. The molecule has 1 aromatic carbocycles. The highest BCUT2D eigenvalue weighted by Gasteiger charge is 2.11. The van der Waals surface area contributed by atoms with Crippen molar-refractivity contribution in [2.24, 2.45) is 5.92 Å². The fourth-order valence-corrected chi connectivity index (χ4v) is 2.59. The molecule has 0 bridgehead atoms. The molecule has 20 heavy (non-hydrogen) atoms. The number of hydrogen-bond donors (Lipinski definition) is 2. The molecule has 0 spiro atoms. The molecule has 1 rings (SSSR count). The van der Waals surface area contributed by atoms with Gasteiger partial charge in [-0.3, -0.25) is 0 Å². The second kappa shape index (κ2) is 7.58. The van der Waals surface area contributed by atoms with E-state index in [0.717, 1.165) is 12.1 Å². The van der Waals surface area contributed by atoms with E-state index in [0.29, 0.717) is 12.5 Å². The lowest BCUT2D eigenvalue weighted by Crippen LogP contribution is -2.30. The minimum atomic E-state index is -0.137. The molecule has 0 fully saturated rings. The maximum atomic E-state index is 11.7. The topological polar surface area (TPSA) is 41.1 Å². The number of anilines is 1. The molecule has 0 atom stereocenters. The molecule has 3 nitrogen and oxygen atoms in total. The van der Waals surface area contributed by atoms with Crippen LogP contribution in [-0.2, 0) is 0 Å². The molecule has 0 saturated heterocycles. The first kappa shape index (κ1) is 16.9. The quantitative estimate of drug-likeness (QED) is 0.770. The molecule has 0 unspecified atom stereocenters. The first-order valence-electron chi connectivity index (χ1n) is 7.10. The fraction of sp³-hybridized carbons (Fsp3) is 0.562. The van der Waals surface area contributed by atoms with Crippen LogP contribution in [0.3, 0.4) is 0 Å². The Kier molecular flexibility index (Phi) is 6.40. The molecule has 0 aliphatic heterocycles. The zero-order valence-electron chi connectivity index (χ0n) is 13.1. The van der Waals surface area contributed by atoms with Gasteiger partial charge in [0.2, 0.25) is 0 Å². The summed E-state index contributed by atoms with van der Waals surface area (Å²) in [5.74, 6) is 0.601. The SMILES string of the molecule is CC(C)CCNC(=O)Nc1ccc(SC(C)(C)C)cc1. The Hall–Kier alpha value is -1.16. The summed E-state index contributed by atoms with van der Waals surface area (Å²) >= 11 is 1.82. The minimum absolute atomic E-state index is 0.137. The van der Waals surface area contributed by atoms with Crippen molar-refractivity contribution in [1.82, 2.24) is 5.32 Å². The molecule has 0 aliphatic rings. The summed E-state index contributed by atoms with van der Waals surface area (Å²) in [6, 6.07) is 7.83. The number of benzene rings is 1. The largest absolute Gasteiger partial charge is 0.338 e. The smallest absolute Gasteiger partial charge is 0.319 e. The van der Waals surface area contributed by atoms with Gasteiger partial charge in [0, 0.05) is 21.9 Å². The number of carbonyl (C=O) groups is 1. The monoisotopic (exact) mass is 294 g/mol. The Bertz CT molecular complexity index is 421. The van der Waals surface area contributed by atoms with Crippen molar-refractivity contribution < 1.29 is 4.79 Å². The van der Waals surface area contributed by atoms with Gasteiger partial charge >= 0.3 is 6.03 Å². The van der Waals surface area contributed by atoms with Crippen molar-refractivity contribution >= 4 is 23.5 Å². The third-order valence-corrected chi connectivity index (χ3v) is 3.66. The zero-order chi connectivity index (χ0) is 15.2. The molecular formula is C16H26N2OS. The van der Waals surface area contributed by atoms with Gasteiger partial charge in [0.25, 0.3) is 0 Å². The molecule has 4 heteroatoms. The van der Waals surface area contributed by atoms with E-state index in [9.17, 15) is 4.79 Å². The van der Waals surface area contributed by atoms with E-state index in [1.807, 2.05) is 36.0 Å². The van der Waals surface area contributed by atoms with Crippen LogP contribution in [0.5, 0.6) is 0 Å². The maximum Gasteiger partial charge on any atom is 0.319 e. The number of urea groups is 1. The summed E-state index contributed by atoms with van der Waals surface area (Å²) in [4.78, 5) is 12.9. The summed E-state index contributed by atoms with van der Waals surface area (Å²) in [7, 11) is 0. The van der Waals surface area contributed by atoms with Crippen LogP contribution in [0.25, 0.3) is 0 Å². The number of carbonyl (C=O) groups excluding carboxylic acids is 1. The van der Waals surface area contributed by atoms with Gasteiger partial charge in [0.15, 0.2) is 0 Å². The summed E-state index contributed by atoms with van der Waals surface area (Å²) in [6.07, 6.45) is 0.995. The van der Waals surface area contributed by atoms with Gasteiger partial charge in [-0.05, 0) is 36.6 Å². The Balaban J connectivity index is 2.43. The van der Waals surface area contributed by atoms with Crippen LogP contribution in [0.1, 0.15) is 41.0 Å². The van der Waals surface area contributed by atoms with Gasteiger partial charge in [-0.1, -0.05) is 34.6 Å². The molecule has 112 valence electrons. The van der Waals surface area contributed by atoms with E-state index in [1.165, 1.54) is 4.90 Å². The lowest BCUT2D eigenvalue weighted by Gasteiger charge is -2.17. The highest BCUT2D eigenvalue weighted by Crippen LogP contribution is 2.32. The molecule has 2 N–H and O–H groups in total. The maximum absolute atomic E-state index is 11.7. The standard InChI is InChI=1S/C16H26N2OS/c1-12(2)10-11-17-15(19)18-13-6-8-14(9-7-13)20-16(3,4)5/h6-9,12H,10-11H2,1-5H3,(H2,17,18,19). The fourth-order valence-electron chi connectivity index (χ4n) is 1.61. The second-order valence-electron chi connectivity index (χ2n) is 6.30. The van der Waals surface area contributed by atoms with Crippen molar-refractivity contribution in [3.8, 4) is 0 Å². The third kappa shape index (κ3) is 7.43. The van der Waals surface area contributed by atoms with Crippen LogP contribution in [-0.4, -0.2) is 17.3 Å². The van der Waals surface area contributed by atoms with Crippen molar-refractivity contribution in [1.29, 1.82) is 0 Å². The molecule has 0 aliphatic carbocycles. The zero-order valence-corrected chi connectivity index (χ0v) is 13.9. The van der Waals surface area contributed by atoms with Crippen LogP contribution < -0.4 is 10.6 Å². The van der Waals surface area contributed by atoms with Gasteiger partial charge in [0.05, 0.1) is 0 Å². The van der Waals surface area contributed by atoms with Crippen LogP contribution in [0, 0.1) is 5.92 Å². The summed E-state index contributed by atoms with van der Waals surface area (Å²) in [6.45, 7) is 11.6. The average molecular weight is 294 g/mol. The van der Waals surface area contributed by atoms with E-state index in [-0.39, 0.29) is 10.8 Å². The third-order valence-electron chi connectivity index (χ3n) is 2.54. The number of thioether (sulfide) groups is 1. The molecule has 0 aromatic heterocycles. The van der Waals surface area contributed by atoms with Crippen LogP contribution in [0.2, 0.25) is 0 Å². The van der Waals surface area contributed by atoms with Crippen LogP contribution in [0.15, 0.2) is 29.2 Å². The highest BCUT2D eigenvalue weighted by atomic mass is 32.2. The van der Waals surface area contributed by atoms with Crippen molar-refractivity contribution in [3.63, 3.8) is 0 Å². The van der Waals surface area contributed by atoms with Gasteiger partial charge in [-0.25, -0.2) is 4.79 Å². The molecule has 1 aromatic rings. The van der Waals surface area contributed by atoms with Crippen molar-refractivity contribution in [2.75, 3.05) is 11.9 Å². The van der Waals surface area contributed by atoms with Gasteiger partial charge in [0.1, 0.15) is 0 Å².